The second-order valence-electron chi connectivity index (χ2n) is 6.19. The first kappa shape index (κ1) is 15.6. The molecule has 3 aliphatic rings. The van der Waals surface area contributed by atoms with Crippen molar-refractivity contribution < 1.29 is 18.7 Å². The molecular formula is C17H14BrFN2O3. The summed E-state index contributed by atoms with van der Waals surface area (Å²) in [5, 5.41) is 0. The Hall–Kier alpha value is -1.89. The van der Waals surface area contributed by atoms with E-state index in [0.29, 0.717) is 17.5 Å². The van der Waals surface area contributed by atoms with Gasteiger partial charge < -0.3 is 4.74 Å². The zero-order valence-electron chi connectivity index (χ0n) is 12.6. The van der Waals surface area contributed by atoms with Crippen LogP contribution in [0.2, 0.25) is 0 Å². The molecule has 24 heavy (non-hydrogen) atoms. The number of hydrogen-bond acceptors (Lipinski definition) is 5. The molecule has 3 heterocycles. The van der Waals surface area contributed by atoms with E-state index in [2.05, 4.69) is 25.9 Å². The van der Waals surface area contributed by atoms with Crippen molar-refractivity contribution in [2.45, 2.75) is 18.4 Å². The Morgan fingerprint density at radius 2 is 2.08 bits per heavy atom. The van der Waals surface area contributed by atoms with Crippen molar-refractivity contribution in [2.75, 3.05) is 13.2 Å². The van der Waals surface area contributed by atoms with E-state index < -0.39 is 17.8 Å². The molecular weight excluding hydrogens is 379 g/mol. The molecule has 1 aromatic rings. The van der Waals surface area contributed by atoms with Gasteiger partial charge in [0.25, 0.3) is 0 Å². The van der Waals surface area contributed by atoms with Crippen molar-refractivity contribution in [3.8, 4) is 0 Å². The Labute approximate surface area is 146 Å². The van der Waals surface area contributed by atoms with Crippen molar-refractivity contribution in [2.24, 2.45) is 21.8 Å². The summed E-state index contributed by atoms with van der Waals surface area (Å²) < 4.78 is 19.2. The normalized spacial score (nSPS) is 31.8. The summed E-state index contributed by atoms with van der Waals surface area (Å²) in [6.07, 6.45) is 2.25. The lowest BCUT2D eigenvalue weighted by molar-refractivity contribution is -0.149. The number of esters is 1. The molecule has 1 aromatic carbocycles. The van der Waals surface area contributed by atoms with E-state index in [9.17, 15) is 14.0 Å². The molecule has 1 saturated heterocycles. The molecule has 0 bridgehead atoms. The van der Waals surface area contributed by atoms with E-state index in [-0.39, 0.29) is 30.2 Å². The average Bonchev–Trinajstić information content (AvgIpc) is 2.56. The maximum atomic E-state index is 13.6. The molecule has 4 atom stereocenters. The Morgan fingerprint density at radius 1 is 1.25 bits per heavy atom. The Morgan fingerprint density at radius 3 is 2.88 bits per heavy atom. The number of carbonyl (C=O) groups excluding carboxylic acids is 2. The summed E-state index contributed by atoms with van der Waals surface area (Å²) in [6.45, 7) is 0.392. The third-order valence-electron chi connectivity index (χ3n) is 4.85. The third-order valence-corrected chi connectivity index (χ3v) is 5.46. The molecule has 0 saturated carbocycles. The van der Waals surface area contributed by atoms with Gasteiger partial charge in [-0.25, -0.2) is 4.39 Å². The molecule has 7 heteroatoms. The van der Waals surface area contributed by atoms with Crippen LogP contribution in [0.15, 0.2) is 32.7 Å². The smallest absolute Gasteiger partial charge is 0.315 e. The fourth-order valence-corrected chi connectivity index (χ4v) is 4.22. The van der Waals surface area contributed by atoms with Crippen molar-refractivity contribution in [1.82, 2.24) is 0 Å². The van der Waals surface area contributed by atoms with Crippen LogP contribution in [0.5, 0.6) is 0 Å². The third kappa shape index (κ3) is 2.42. The topological polar surface area (TPSA) is 68.1 Å². The Kier molecular flexibility index (Phi) is 3.83. The van der Waals surface area contributed by atoms with E-state index in [0.717, 1.165) is 11.3 Å². The van der Waals surface area contributed by atoms with Gasteiger partial charge in [0, 0.05) is 24.3 Å². The standard InChI is InChI=1S/C17H14BrFN2O3/c18-9-5-8(1-2-10(9)19)14-15-12(6-20-7-13(15)22)21-11-3-4-24-17(23)16(11)14/h1-2,5-6,12,14-16H,3-4,7H2. The fraction of sp³-hybridized carbons (Fsp3) is 0.412. The second kappa shape index (κ2) is 5.88. The lowest BCUT2D eigenvalue weighted by Crippen LogP contribution is -2.51. The van der Waals surface area contributed by atoms with Gasteiger partial charge in [-0.05, 0) is 33.6 Å². The van der Waals surface area contributed by atoms with Crippen LogP contribution in [0.25, 0.3) is 0 Å². The molecule has 0 amide bonds. The summed E-state index contributed by atoms with van der Waals surface area (Å²) >= 11 is 3.19. The number of rotatable bonds is 1. The van der Waals surface area contributed by atoms with Crippen LogP contribution in [0, 0.1) is 17.7 Å². The number of halogens is 2. The molecule has 0 aliphatic carbocycles. The molecule has 1 fully saturated rings. The number of hydrogen-bond donors (Lipinski definition) is 0. The first-order valence-corrected chi connectivity index (χ1v) is 8.56. The minimum Gasteiger partial charge on any atom is -0.465 e. The Balaban J connectivity index is 1.87. The maximum absolute atomic E-state index is 13.6. The molecule has 4 rings (SSSR count). The highest BCUT2D eigenvalue weighted by atomic mass is 79.9. The summed E-state index contributed by atoms with van der Waals surface area (Å²) in [7, 11) is 0. The van der Waals surface area contributed by atoms with Crippen molar-refractivity contribution in [1.29, 1.82) is 0 Å². The highest BCUT2D eigenvalue weighted by Gasteiger charge is 2.50. The van der Waals surface area contributed by atoms with Gasteiger partial charge in [-0.15, -0.1) is 0 Å². The number of nitrogens with zero attached hydrogens (tertiary/aromatic N) is 2. The molecule has 0 spiro atoms. The van der Waals surface area contributed by atoms with E-state index in [1.165, 1.54) is 6.07 Å². The molecule has 4 unspecified atom stereocenters. The highest BCUT2D eigenvalue weighted by molar-refractivity contribution is 9.10. The summed E-state index contributed by atoms with van der Waals surface area (Å²) in [4.78, 5) is 33.6. The zero-order chi connectivity index (χ0) is 16.8. The number of Topliss-reactive ketones (excluding diaryl/α,β-unsaturated/α-hetero) is 1. The predicted molar refractivity (Wildman–Crippen MR) is 89.0 cm³/mol. The van der Waals surface area contributed by atoms with Crippen LogP contribution < -0.4 is 0 Å². The van der Waals surface area contributed by atoms with Crippen LogP contribution in [0.1, 0.15) is 17.9 Å². The fourth-order valence-electron chi connectivity index (χ4n) is 3.82. The van der Waals surface area contributed by atoms with Crippen molar-refractivity contribution >= 4 is 39.6 Å². The molecule has 3 aliphatic heterocycles. The monoisotopic (exact) mass is 392 g/mol. The average molecular weight is 393 g/mol. The van der Waals surface area contributed by atoms with Crippen LogP contribution >= 0.6 is 15.9 Å². The lowest BCUT2D eigenvalue weighted by atomic mass is 9.67. The van der Waals surface area contributed by atoms with Gasteiger partial charge in [0.15, 0.2) is 5.78 Å². The first-order chi connectivity index (χ1) is 11.6. The summed E-state index contributed by atoms with van der Waals surface area (Å²) in [6, 6.07) is 4.25. The number of ketones is 1. The SMILES string of the molecule is O=C1OCCC2=NC3C=NCC(=O)C3C(c3ccc(F)c(Br)c3)C12. The van der Waals surface area contributed by atoms with Crippen LogP contribution in [0.4, 0.5) is 4.39 Å². The summed E-state index contributed by atoms with van der Waals surface area (Å²) in [5.74, 6) is -2.27. The first-order valence-electron chi connectivity index (χ1n) is 7.77. The van der Waals surface area contributed by atoms with Gasteiger partial charge >= 0.3 is 5.97 Å². The molecule has 0 N–H and O–H groups in total. The van der Waals surface area contributed by atoms with Crippen LogP contribution in [-0.4, -0.2) is 42.9 Å². The van der Waals surface area contributed by atoms with Crippen LogP contribution in [-0.2, 0) is 14.3 Å². The van der Waals surface area contributed by atoms with E-state index in [1.807, 2.05) is 0 Å². The number of cyclic esters (lactones) is 1. The van der Waals surface area contributed by atoms with Crippen molar-refractivity contribution in [3.63, 3.8) is 0 Å². The number of carbonyl (C=O) groups is 2. The number of ether oxygens (including phenoxy) is 1. The van der Waals surface area contributed by atoms with Gasteiger partial charge in [0.05, 0.1) is 29.6 Å². The molecule has 5 nitrogen and oxygen atoms in total. The number of fused-ring (bicyclic) bond motifs is 2. The minimum atomic E-state index is -0.590. The molecule has 124 valence electrons. The van der Waals surface area contributed by atoms with Gasteiger partial charge in [-0.2, -0.15) is 0 Å². The van der Waals surface area contributed by atoms with Gasteiger partial charge in [0.1, 0.15) is 11.7 Å². The second-order valence-corrected chi connectivity index (χ2v) is 7.04. The molecule has 0 aromatic heterocycles. The van der Waals surface area contributed by atoms with Gasteiger partial charge in [0.2, 0.25) is 0 Å². The zero-order valence-corrected chi connectivity index (χ0v) is 14.2. The predicted octanol–water partition coefficient (Wildman–Crippen LogP) is 2.33. The Bertz CT molecular complexity index is 792. The van der Waals surface area contributed by atoms with Gasteiger partial charge in [-0.3, -0.25) is 19.6 Å². The van der Waals surface area contributed by atoms with Gasteiger partial charge in [-0.1, -0.05) is 6.07 Å². The number of benzene rings is 1. The van der Waals surface area contributed by atoms with Crippen LogP contribution in [0.3, 0.4) is 0 Å². The highest BCUT2D eigenvalue weighted by Crippen LogP contribution is 2.44. The minimum absolute atomic E-state index is 0.0471. The quantitative estimate of drug-likeness (QED) is 0.688. The van der Waals surface area contributed by atoms with E-state index in [4.69, 9.17) is 4.74 Å². The largest absolute Gasteiger partial charge is 0.465 e. The lowest BCUT2D eigenvalue weighted by Gasteiger charge is -2.41. The summed E-state index contributed by atoms with van der Waals surface area (Å²) in [5.41, 5.74) is 1.48. The van der Waals surface area contributed by atoms with E-state index in [1.54, 1.807) is 18.3 Å². The number of aliphatic imine (C=N–C) groups is 2. The van der Waals surface area contributed by atoms with E-state index >= 15 is 0 Å². The molecule has 0 radical (unpaired) electrons. The maximum Gasteiger partial charge on any atom is 0.315 e. The van der Waals surface area contributed by atoms with Crippen molar-refractivity contribution in [3.05, 3.63) is 34.1 Å².